The average molecular weight is 2070 g/mol. The molecule has 0 spiro atoms. The number of esters is 5. The summed E-state index contributed by atoms with van der Waals surface area (Å²) in [6, 6.07) is -2.22. The van der Waals surface area contributed by atoms with Crippen LogP contribution in [0.2, 0.25) is 0 Å². The molecule has 0 aliphatic heterocycles. The van der Waals surface area contributed by atoms with Crippen molar-refractivity contribution in [2.45, 2.75) is 525 Å². The third kappa shape index (κ3) is 27.5. The number of allylic oxidation sites excluding steroid dienone is 4. The van der Waals surface area contributed by atoms with Crippen LogP contribution in [0.5, 0.6) is 0 Å². The Balaban J connectivity index is 0.000000165. The molecule has 12 fully saturated rings. The first kappa shape index (κ1) is 120. The second-order valence-corrected chi connectivity index (χ2v) is 56.7. The summed E-state index contributed by atoms with van der Waals surface area (Å²) in [6.45, 7) is 45.6. The fourth-order valence-electron chi connectivity index (χ4n) is 37.2. The molecule has 0 aromatic heterocycles. The first-order valence-electron chi connectivity index (χ1n) is 59.9. The molecule has 12 saturated carbocycles. The van der Waals surface area contributed by atoms with Gasteiger partial charge in [0.15, 0.2) is 0 Å². The lowest BCUT2D eigenvalue weighted by atomic mass is 9.47. The van der Waals surface area contributed by atoms with E-state index in [-0.39, 0.29) is 115 Å². The van der Waals surface area contributed by atoms with E-state index < -0.39 is 58.4 Å². The minimum atomic E-state index is -1.20. The number of carboxylic acids is 3. The summed E-state index contributed by atoms with van der Waals surface area (Å²) >= 11 is 0. The van der Waals surface area contributed by atoms with Gasteiger partial charge in [0.05, 0.1) is 61.6 Å². The normalized spacial score (nSPS) is 38.5. The van der Waals surface area contributed by atoms with Crippen LogP contribution in [0, 0.1) is 162 Å². The van der Waals surface area contributed by atoms with Crippen molar-refractivity contribution in [2.75, 3.05) is 7.11 Å². The molecule has 0 radical (unpaired) electrons. The first-order chi connectivity index (χ1) is 69.2. The van der Waals surface area contributed by atoms with Crippen LogP contribution in [0.25, 0.3) is 0 Å². The number of carboxylic acid groups (broad SMARTS) is 3. The zero-order valence-electron chi connectivity index (χ0n) is 96.0. The van der Waals surface area contributed by atoms with E-state index in [4.69, 9.17) is 45.7 Å². The summed E-state index contributed by atoms with van der Waals surface area (Å²) in [5.74, 6) is 10.1. The highest BCUT2D eigenvalue weighted by Crippen LogP contribution is 2.74. The van der Waals surface area contributed by atoms with Crippen molar-refractivity contribution >= 4 is 47.8 Å². The summed E-state index contributed by atoms with van der Waals surface area (Å²) in [7, 11) is 1.35. The summed E-state index contributed by atoms with van der Waals surface area (Å²) in [6.07, 6.45) is 59.4. The second kappa shape index (κ2) is 48.3. The molecule has 0 heterocycles. The Bertz CT molecular complexity index is 4670. The number of aliphatic carboxylic acids is 3. The van der Waals surface area contributed by atoms with Crippen LogP contribution in [0.4, 0.5) is 0 Å². The Labute approximate surface area is 892 Å². The highest BCUT2D eigenvalue weighted by Gasteiger charge is 2.65. The minimum Gasteiger partial charge on any atom is -0.481 e. The fraction of sp³-hybridized carbons (Fsp3) is 0.873. The van der Waals surface area contributed by atoms with Gasteiger partial charge in [-0.1, -0.05) is 181 Å². The van der Waals surface area contributed by atoms with Crippen LogP contribution in [0.1, 0.15) is 466 Å². The molecule has 22 heteroatoms. The molecular formula is C126H206N2O20. The van der Waals surface area contributed by atoms with Crippen LogP contribution >= 0.6 is 0 Å². The van der Waals surface area contributed by atoms with Crippen molar-refractivity contribution in [3.05, 3.63) is 46.6 Å². The van der Waals surface area contributed by atoms with Crippen molar-refractivity contribution in [3.8, 4) is 0 Å². The molecule has 0 aromatic rings. The lowest BCUT2D eigenvalue weighted by Gasteiger charge is -2.58. The summed E-state index contributed by atoms with van der Waals surface area (Å²) in [4.78, 5) is 93.1. The third-order valence-electron chi connectivity index (χ3n) is 45.2. The molecular weight excluding hydrogens is 1860 g/mol. The third-order valence-corrected chi connectivity index (χ3v) is 45.2. The number of carbonyl (C=O) groups is 8. The van der Waals surface area contributed by atoms with Gasteiger partial charge >= 0.3 is 47.8 Å². The quantitative estimate of drug-likeness (QED) is 0.0158. The average Bonchev–Trinajstić information content (AvgIpc) is 1.48. The maximum absolute atomic E-state index is 12.4. The van der Waals surface area contributed by atoms with E-state index >= 15 is 0 Å². The maximum Gasteiger partial charge on any atom is 0.321 e. The van der Waals surface area contributed by atoms with Crippen LogP contribution in [-0.2, 0) is 62.0 Å². The van der Waals surface area contributed by atoms with Gasteiger partial charge in [0.2, 0.25) is 0 Å². The van der Waals surface area contributed by atoms with Gasteiger partial charge in [0, 0.05) is 32.1 Å². The Morgan fingerprint density at radius 1 is 0.318 bits per heavy atom. The predicted molar refractivity (Wildman–Crippen MR) is 581 cm³/mol. The first-order valence-corrected chi connectivity index (χ1v) is 59.9. The Morgan fingerprint density at radius 2 is 0.561 bits per heavy atom. The zero-order chi connectivity index (χ0) is 108. The van der Waals surface area contributed by atoms with Crippen LogP contribution in [0.15, 0.2) is 46.6 Å². The van der Waals surface area contributed by atoms with Crippen molar-refractivity contribution in [2.24, 2.45) is 173 Å². The van der Waals surface area contributed by atoms with Crippen LogP contribution < -0.4 is 11.5 Å². The molecule has 11 N–H and O–H groups in total. The van der Waals surface area contributed by atoms with Gasteiger partial charge in [-0.3, -0.25) is 38.4 Å². The molecule has 34 unspecified atom stereocenters. The lowest BCUT2D eigenvalue weighted by molar-refractivity contribution is -0.155. The topological polar surface area (TPSA) is 376 Å². The van der Waals surface area contributed by atoms with Crippen molar-refractivity contribution in [1.82, 2.24) is 0 Å². The maximum atomic E-state index is 12.4. The molecule has 34 atom stereocenters. The lowest BCUT2D eigenvalue weighted by Crippen LogP contribution is -2.51. The van der Waals surface area contributed by atoms with Gasteiger partial charge in [0.1, 0.15) is 36.5 Å². The fourth-order valence-corrected chi connectivity index (χ4v) is 37.2. The molecule has 0 saturated heterocycles. The van der Waals surface area contributed by atoms with E-state index in [0.29, 0.717) is 39.4 Å². The SMILES string of the molecule is CC(CCCC(C)(C)O)C1CCC2C3CC=C4CC(OC(=O)CC(N)C(=O)O)CCC4(C)C3CCC12C.CC(CCCC(C)(C)O)C1CCC2C3CC=C4CC(OC(=O)CCC(=O)O)CCC4(C)C3CCC12C.CC(CCCC(C)(C)O)C1CCC2C3CC=C4CC(OC(=O)CCC(N)C(=O)O)CCC4(C)C3CCC12C.COC(=O)CCC(=O)OC1CCC2(C)C(=CCC3C2CCC2(C)C(C(C)CCCC(C)(C)O)CCC32)C1. The largest absolute Gasteiger partial charge is 0.481 e. The molecule has 0 bridgehead atoms. The molecule has 16 aliphatic carbocycles. The number of hydrogen-bond acceptors (Lipinski definition) is 19. The van der Waals surface area contributed by atoms with E-state index in [0.717, 1.165) is 248 Å². The number of methoxy groups -OCH3 is 1. The predicted octanol–water partition coefficient (Wildman–Crippen LogP) is 26.0. The highest BCUT2D eigenvalue weighted by molar-refractivity contribution is 5.81. The molecule has 840 valence electrons. The number of fused-ring (bicyclic) bond motifs is 20. The number of rotatable bonds is 37. The number of hydrogen-bond donors (Lipinski definition) is 9. The number of aliphatic hydroxyl groups is 4. The number of carbonyl (C=O) groups excluding carboxylic acids is 5. The molecule has 22 nitrogen and oxygen atoms in total. The Hall–Kier alpha value is -5.52. The number of ether oxygens (including phenoxy) is 5. The minimum absolute atomic E-state index is 0.0372. The highest BCUT2D eigenvalue weighted by atomic mass is 16.6. The van der Waals surface area contributed by atoms with E-state index in [1.54, 1.807) is 0 Å². The van der Waals surface area contributed by atoms with Gasteiger partial charge in [-0.05, 0) is 429 Å². The summed E-state index contributed by atoms with van der Waals surface area (Å²) in [5, 5.41) is 67.3. The molecule has 16 rings (SSSR count). The van der Waals surface area contributed by atoms with E-state index in [1.165, 1.54) is 164 Å². The standard InChI is InChI=1S/C32H53NO5.C32H52O5.C31H51NO5.C31H50O5/c1-20(7-6-16-30(2,3)37)24-10-11-25-23-9-8-21-19-22(38-28(34)13-12-27(33)29(35)36)14-17-31(21,4)26(23)15-18-32(24,25)5;1-21(8-7-17-30(2,3)35)25-11-12-26-24-10-9-22-20-23(37-29(34)14-13-28(33)36-6)15-18-31(22,4)27(24)16-19-32(25,26)5;1-19(7-6-14-29(2,3)36)23-10-11-24-22-9-8-20-17-21(37-27(33)18-26(32)28(34)35)12-15-30(20,4)25(22)13-16-31(23,24)5;1-20(7-6-16-29(2,3)35)24-10-11-25-23-9-8-21-19-22(36-28(34)13-12-27(32)33)14-17-30(21,4)26(23)15-18-31(24,25)5/h8,20,22-27,37H,6-7,9-19,33H2,1-5H3,(H,35,36);9,21,23-27,35H,7-8,10-20H2,1-6H3;8,19,21-26,36H,6-7,9-18,32H2,1-5H3,(H,34,35);8,20,22-26,35H,6-7,9-19H2,1-5H3,(H,32,33). The van der Waals surface area contributed by atoms with Gasteiger partial charge in [-0.25, -0.2) is 0 Å². The van der Waals surface area contributed by atoms with Gasteiger partial charge in [-0.15, -0.1) is 0 Å². The van der Waals surface area contributed by atoms with Crippen LogP contribution in [-0.4, -0.2) is 150 Å². The second-order valence-electron chi connectivity index (χ2n) is 56.7. The van der Waals surface area contributed by atoms with Crippen molar-refractivity contribution in [1.29, 1.82) is 0 Å². The Morgan fingerprint density at radius 3 is 0.804 bits per heavy atom. The van der Waals surface area contributed by atoms with Crippen molar-refractivity contribution in [3.63, 3.8) is 0 Å². The van der Waals surface area contributed by atoms with Crippen molar-refractivity contribution < 1.29 is 97.8 Å². The van der Waals surface area contributed by atoms with Gasteiger partial charge in [-0.2, -0.15) is 0 Å². The van der Waals surface area contributed by atoms with Crippen LogP contribution in [0.3, 0.4) is 0 Å². The zero-order valence-corrected chi connectivity index (χ0v) is 96.0. The van der Waals surface area contributed by atoms with Gasteiger partial charge in [0.25, 0.3) is 0 Å². The monoisotopic (exact) mass is 2070 g/mol. The molecule has 16 aliphatic rings. The Kier molecular flexibility index (Phi) is 39.0. The molecule has 148 heavy (non-hydrogen) atoms. The summed E-state index contributed by atoms with van der Waals surface area (Å²) in [5.41, 5.74) is 17.4. The van der Waals surface area contributed by atoms with Gasteiger partial charge < -0.3 is 70.9 Å². The smallest absolute Gasteiger partial charge is 0.321 e. The van der Waals surface area contributed by atoms with E-state index in [2.05, 4.69) is 112 Å². The molecule has 0 amide bonds. The number of nitrogens with two attached hydrogens (primary N) is 2. The van der Waals surface area contributed by atoms with E-state index in [9.17, 15) is 58.8 Å². The van der Waals surface area contributed by atoms with E-state index in [1.807, 2.05) is 55.4 Å². The molecule has 0 aromatic carbocycles. The summed E-state index contributed by atoms with van der Waals surface area (Å²) < 4.78 is 27.6.